The summed E-state index contributed by atoms with van der Waals surface area (Å²) in [7, 11) is 0. The Hall–Kier alpha value is -2.58. The van der Waals surface area contributed by atoms with Gasteiger partial charge in [0.1, 0.15) is 6.04 Å². The summed E-state index contributed by atoms with van der Waals surface area (Å²) in [5.41, 5.74) is 2.74. The van der Waals surface area contributed by atoms with Crippen molar-refractivity contribution in [3.8, 4) is 0 Å². The van der Waals surface area contributed by atoms with E-state index in [1.54, 1.807) is 27.6 Å². The van der Waals surface area contributed by atoms with Gasteiger partial charge in [-0.25, -0.2) is 0 Å². The summed E-state index contributed by atoms with van der Waals surface area (Å²) in [4.78, 5) is 46.1. The lowest BCUT2D eigenvalue weighted by Crippen LogP contribution is -2.59. The van der Waals surface area contributed by atoms with Crippen molar-refractivity contribution >= 4 is 35.2 Å². The Kier molecular flexibility index (Phi) is 9.51. The highest BCUT2D eigenvalue weighted by molar-refractivity contribution is 8.02. The molecule has 0 aromatic heterocycles. The highest BCUT2D eigenvalue weighted by atomic mass is 32.2. The fourth-order valence-corrected chi connectivity index (χ4v) is 9.66. The van der Waals surface area contributed by atoms with Gasteiger partial charge in [-0.3, -0.25) is 14.4 Å². The van der Waals surface area contributed by atoms with E-state index in [9.17, 15) is 19.5 Å². The van der Waals surface area contributed by atoms with Crippen molar-refractivity contribution in [2.75, 3.05) is 24.7 Å². The molecule has 40 heavy (non-hydrogen) atoms. The number of aliphatic hydroxyl groups excluding tert-OH is 1. The Labute approximate surface area is 243 Å². The zero-order valence-corrected chi connectivity index (χ0v) is 25.1. The van der Waals surface area contributed by atoms with Crippen LogP contribution in [0.15, 0.2) is 43.5 Å². The monoisotopic (exact) mass is 568 g/mol. The minimum absolute atomic E-state index is 0.0341. The highest BCUT2D eigenvalue weighted by Gasteiger charge is 2.77. The van der Waals surface area contributed by atoms with Crippen LogP contribution in [0.2, 0.25) is 0 Å². The average molecular weight is 569 g/mol. The summed E-state index contributed by atoms with van der Waals surface area (Å²) >= 11 is 1.63. The molecular formula is C32H44N2O5S. The second-order valence-corrected chi connectivity index (χ2v) is 13.0. The topological polar surface area (TPSA) is 87.2 Å². The maximum Gasteiger partial charge on any atom is 0.310 e. The SMILES string of the molecule is C=CCCCCOC(=O)[C@@H]1[C@@H]2CC(C)C3(S2)C(C(=O)N(CC=C)c2c(C)cccc2C)N([C@@H](CC)CO)C(=O)[C@H]13. The minimum atomic E-state index is -0.809. The number of nitrogens with zero attached hydrogens (tertiary/aromatic N) is 2. The van der Waals surface area contributed by atoms with Crippen LogP contribution in [-0.4, -0.2) is 69.6 Å². The number of unbranched alkanes of at least 4 members (excludes halogenated alkanes) is 2. The van der Waals surface area contributed by atoms with Crippen molar-refractivity contribution in [1.29, 1.82) is 0 Å². The number of ether oxygens (including phenoxy) is 1. The van der Waals surface area contributed by atoms with Crippen LogP contribution in [0.1, 0.15) is 57.1 Å². The molecule has 3 saturated heterocycles. The molecule has 1 aromatic carbocycles. The van der Waals surface area contributed by atoms with E-state index >= 15 is 0 Å². The molecule has 8 heteroatoms. The van der Waals surface area contributed by atoms with Gasteiger partial charge >= 0.3 is 5.97 Å². The number of rotatable bonds is 13. The molecule has 1 N–H and O–H groups in total. The number of anilines is 1. The van der Waals surface area contributed by atoms with Crippen LogP contribution < -0.4 is 4.90 Å². The number of hydrogen-bond donors (Lipinski definition) is 1. The summed E-state index contributed by atoms with van der Waals surface area (Å²) in [6.07, 6.45) is 7.29. The van der Waals surface area contributed by atoms with Gasteiger partial charge in [-0.05, 0) is 63.0 Å². The third-order valence-corrected chi connectivity index (χ3v) is 11.2. The van der Waals surface area contributed by atoms with Gasteiger partial charge < -0.3 is 19.6 Å². The molecule has 3 aliphatic heterocycles. The Bertz CT molecular complexity index is 1130. The number of hydrogen-bond acceptors (Lipinski definition) is 6. The van der Waals surface area contributed by atoms with Crippen molar-refractivity contribution in [3.63, 3.8) is 0 Å². The molecule has 4 rings (SSSR count). The minimum Gasteiger partial charge on any atom is -0.465 e. The number of amides is 2. The number of likely N-dealkylation sites (tertiary alicyclic amines) is 1. The molecule has 3 aliphatic rings. The van der Waals surface area contributed by atoms with E-state index in [-0.39, 0.29) is 35.6 Å². The first kappa shape index (κ1) is 30.4. The standard InChI is InChI=1S/C32H44N2O5S/c1-7-10-11-12-17-39-31(38)25-24-18-22(6)32(40-24)26(25)29(36)34(23(9-3)19-35)28(32)30(37)33(16-8-2)27-20(4)14-13-15-21(27)5/h7-8,13-15,22-26,28,35H,1-2,9-12,16-19H2,3-6H3/t22?,23-,24-,25+,26-,28?,32?/m0/s1. The number of thioether (sulfide) groups is 1. The Morgan fingerprint density at radius 3 is 2.55 bits per heavy atom. The van der Waals surface area contributed by atoms with Crippen LogP contribution in [0, 0.1) is 31.6 Å². The molecule has 0 radical (unpaired) electrons. The smallest absolute Gasteiger partial charge is 0.310 e. The highest BCUT2D eigenvalue weighted by Crippen LogP contribution is 2.69. The second kappa shape index (κ2) is 12.5. The molecular weight excluding hydrogens is 524 g/mol. The average Bonchev–Trinajstić information content (AvgIpc) is 3.52. The first-order valence-corrected chi connectivity index (χ1v) is 15.4. The number of carbonyl (C=O) groups is 3. The molecule has 2 amide bonds. The number of aliphatic hydroxyl groups is 1. The van der Waals surface area contributed by atoms with E-state index in [0.29, 0.717) is 19.6 Å². The van der Waals surface area contributed by atoms with Crippen molar-refractivity contribution in [1.82, 2.24) is 4.90 Å². The third-order valence-electron chi connectivity index (χ3n) is 9.10. The molecule has 1 spiro atoms. The van der Waals surface area contributed by atoms with E-state index in [0.717, 1.165) is 42.5 Å². The first-order chi connectivity index (χ1) is 19.2. The van der Waals surface area contributed by atoms with Gasteiger partial charge in [0.2, 0.25) is 5.91 Å². The number of esters is 1. The fraction of sp³-hybridized carbons (Fsp3) is 0.594. The largest absolute Gasteiger partial charge is 0.465 e. The van der Waals surface area contributed by atoms with E-state index in [1.807, 2.05) is 45.0 Å². The normalized spacial score (nSPS) is 29.3. The number of fused-ring (bicyclic) bond motifs is 1. The molecule has 0 saturated carbocycles. The lowest BCUT2D eigenvalue weighted by Gasteiger charge is -2.42. The van der Waals surface area contributed by atoms with Gasteiger partial charge in [-0.15, -0.1) is 24.9 Å². The lowest BCUT2D eigenvalue weighted by atomic mass is 9.66. The molecule has 7 atom stereocenters. The van der Waals surface area contributed by atoms with Crippen LogP contribution in [-0.2, 0) is 19.1 Å². The van der Waals surface area contributed by atoms with E-state index in [2.05, 4.69) is 20.1 Å². The zero-order chi connectivity index (χ0) is 29.2. The van der Waals surface area contributed by atoms with Gasteiger partial charge in [0.15, 0.2) is 0 Å². The van der Waals surface area contributed by atoms with Gasteiger partial charge in [-0.2, -0.15) is 0 Å². The van der Waals surface area contributed by atoms with Gasteiger partial charge in [0.05, 0.1) is 35.8 Å². The quantitative estimate of drug-likeness (QED) is 0.208. The lowest BCUT2D eigenvalue weighted by molar-refractivity contribution is -0.155. The number of aryl methyl sites for hydroxylation is 2. The van der Waals surface area contributed by atoms with Crippen LogP contribution >= 0.6 is 11.8 Å². The maximum absolute atomic E-state index is 14.8. The molecule has 7 nitrogen and oxygen atoms in total. The summed E-state index contributed by atoms with van der Waals surface area (Å²) in [6.45, 7) is 16.0. The van der Waals surface area contributed by atoms with Crippen LogP contribution in [0.5, 0.6) is 0 Å². The van der Waals surface area contributed by atoms with Crippen molar-refractivity contribution < 1.29 is 24.2 Å². The maximum atomic E-state index is 14.8. The number of para-hydroxylation sites is 1. The number of allylic oxidation sites excluding steroid dienone is 1. The van der Waals surface area contributed by atoms with E-state index < -0.39 is 28.7 Å². The fourth-order valence-electron chi connectivity index (χ4n) is 7.27. The molecule has 3 fully saturated rings. The van der Waals surface area contributed by atoms with Gasteiger partial charge in [0.25, 0.3) is 5.91 Å². The van der Waals surface area contributed by atoms with Gasteiger partial charge in [-0.1, -0.05) is 44.2 Å². The molecule has 3 heterocycles. The van der Waals surface area contributed by atoms with Crippen molar-refractivity contribution in [3.05, 3.63) is 54.6 Å². The summed E-state index contributed by atoms with van der Waals surface area (Å²) in [5, 5.41) is 10.3. The Balaban J connectivity index is 1.77. The third kappa shape index (κ3) is 4.91. The summed E-state index contributed by atoms with van der Waals surface area (Å²) < 4.78 is 4.96. The first-order valence-electron chi connectivity index (χ1n) is 14.6. The Morgan fingerprint density at radius 2 is 1.95 bits per heavy atom. The summed E-state index contributed by atoms with van der Waals surface area (Å²) in [5.74, 6) is -1.96. The zero-order valence-electron chi connectivity index (χ0n) is 24.3. The van der Waals surface area contributed by atoms with Crippen molar-refractivity contribution in [2.45, 2.75) is 81.9 Å². The number of carbonyl (C=O) groups excluding carboxylic acids is 3. The second-order valence-electron chi connectivity index (χ2n) is 11.5. The van der Waals surface area contributed by atoms with E-state index in [1.165, 1.54) is 0 Å². The molecule has 0 aliphatic carbocycles. The van der Waals surface area contributed by atoms with E-state index in [4.69, 9.17) is 4.74 Å². The van der Waals surface area contributed by atoms with Crippen LogP contribution in [0.25, 0.3) is 0 Å². The van der Waals surface area contributed by atoms with Gasteiger partial charge in [0, 0.05) is 17.5 Å². The molecule has 1 aromatic rings. The van der Waals surface area contributed by atoms with Crippen LogP contribution in [0.3, 0.4) is 0 Å². The predicted molar refractivity (Wildman–Crippen MR) is 160 cm³/mol. The van der Waals surface area contributed by atoms with Crippen molar-refractivity contribution in [2.24, 2.45) is 17.8 Å². The molecule has 218 valence electrons. The number of benzene rings is 1. The molecule has 3 unspecified atom stereocenters. The Morgan fingerprint density at radius 1 is 1.25 bits per heavy atom. The molecule has 2 bridgehead atoms. The van der Waals surface area contributed by atoms with Crippen LogP contribution in [0.4, 0.5) is 5.69 Å². The predicted octanol–water partition coefficient (Wildman–Crippen LogP) is 4.83. The summed E-state index contributed by atoms with van der Waals surface area (Å²) in [6, 6.07) is 4.59.